The molecular formula is C6H10K4Mg2O24P6. The Labute approximate surface area is 437 Å². The molecule has 0 unspecified atom stereocenters. The van der Waals surface area contributed by atoms with Crippen LogP contribution in [0, 0.1) is 0 Å². The van der Waals surface area contributed by atoms with E-state index in [9.17, 15) is 66.5 Å². The SMILES string of the molecule is O=P([O-])([O-])O[C@@H]1[C@H](OP(=O)([O-])[O-])[C@H](OP(=O)([O-])[O-])[C@@H](OP(=O)(O)O)[C@H](OP(=O)(O)O)[C@H]1OP(=O)([O-])[O-].[K+].[K+].[K+].[K+].[Mg+2].[Mg+2]. The van der Waals surface area contributed by atoms with Gasteiger partial charge in [-0.15, -0.1) is 0 Å². The minimum Gasteiger partial charge on any atom is -0.790 e. The van der Waals surface area contributed by atoms with E-state index in [1.165, 1.54) is 0 Å². The maximum atomic E-state index is 11.3. The number of hydrogen-bond acceptors (Lipinski definition) is 20. The minimum atomic E-state index is -6.63. The van der Waals surface area contributed by atoms with Crippen molar-refractivity contribution in [3.05, 3.63) is 0 Å². The van der Waals surface area contributed by atoms with Gasteiger partial charge >= 0.3 is 267 Å². The van der Waals surface area contributed by atoms with Crippen molar-refractivity contribution in [3.63, 3.8) is 0 Å². The quantitative estimate of drug-likeness (QED) is 0.105. The number of phosphoric acid groups is 6. The first-order chi connectivity index (χ1) is 15.6. The molecule has 216 valence electrons. The summed E-state index contributed by atoms with van der Waals surface area (Å²) in [5.74, 6) is 0. The molecule has 0 aliphatic heterocycles. The van der Waals surface area contributed by atoms with Gasteiger partial charge in [0.1, 0.15) is 36.6 Å². The summed E-state index contributed by atoms with van der Waals surface area (Å²) in [4.78, 5) is 125. The van der Waals surface area contributed by atoms with E-state index in [1.54, 1.807) is 0 Å². The van der Waals surface area contributed by atoms with E-state index < -0.39 is 83.6 Å². The van der Waals surface area contributed by atoms with Gasteiger partial charge in [0, 0.05) is 0 Å². The Balaban J connectivity index is -0.000000540. The second-order valence-electron chi connectivity index (χ2n) is 6.19. The molecule has 42 heavy (non-hydrogen) atoms. The zero-order valence-electron chi connectivity index (χ0n) is 21.5. The fourth-order valence-corrected chi connectivity index (χ4v) is 6.02. The maximum absolute atomic E-state index is 11.3. The van der Waals surface area contributed by atoms with Crippen LogP contribution in [-0.2, 0) is 54.5 Å². The Kier molecular flexibility index (Phi) is 37.3. The van der Waals surface area contributed by atoms with E-state index in [1.807, 2.05) is 0 Å². The first-order valence-electron chi connectivity index (χ1n) is 7.87. The van der Waals surface area contributed by atoms with Gasteiger partial charge in [0.15, 0.2) is 0 Å². The van der Waals surface area contributed by atoms with Crippen LogP contribution in [0.5, 0.6) is 0 Å². The molecule has 0 radical (unpaired) electrons. The standard InChI is InChI=1S/C6H18O24P6.4K.2Mg/c7-31(8,9)25-1-2(26-32(10,11)12)4(28-34(16,17)18)6(30-36(22,23)24)5(29-35(19,20)21)3(1)27-33(13,14)15;;;;;;/h1-6H,(H2,7,8,9)(H2,10,11,12)(H2,13,14,15)(H2,16,17,18)(H2,19,20,21)(H2,22,23,24);;;;;;/q;4*+1;2*+2/p-8/t1-,2-,3-,4+,5-,6-;;;;;;. The van der Waals surface area contributed by atoms with Gasteiger partial charge in [-0.2, -0.15) is 0 Å². The third-order valence-electron chi connectivity index (χ3n) is 3.46. The smallest absolute Gasteiger partial charge is 0.790 e. The van der Waals surface area contributed by atoms with Crippen LogP contribution >= 0.6 is 46.9 Å². The summed E-state index contributed by atoms with van der Waals surface area (Å²) in [6, 6.07) is 0. The molecule has 1 rings (SSSR count). The molecule has 1 saturated carbocycles. The third-order valence-corrected chi connectivity index (χ3v) is 6.51. The van der Waals surface area contributed by atoms with Gasteiger partial charge in [-0.1, -0.05) is 0 Å². The van der Waals surface area contributed by atoms with E-state index in [0.717, 1.165) is 0 Å². The Hall–Kier alpha value is 8.74. The van der Waals surface area contributed by atoms with Crippen LogP contribution in [0.2, 0.25) is 0 Å². The molecule has 0 amide bonds. The molecule has 0 aromatic rings. The monoisotopic (exact) mass is 856 g/mol. The molecular weight excluding hydrogens is 847 g/mol. The molecule has 0 aromatic carbocycles. The van der Waals surface area contributed by atoms with Crippen molar-refractivity contribution < 1.29 is 319 Å². The molecule has 0 spiro atoms. The topological polar surface area (TPSA) is 423 Å². The zero-order chi connectivity index (χ0) is 28.7. The Morgan fingerprint density at radius 1 is 0.357 bits per heavy atom. The van der Waals surface area contributed by atoms with Crippen molar-refractivity contribution in [2.75, 3.05) is 0 Å². The van der Waals surface area contributed by atoms with Crippen molar-refractivity contribution in [3.8, 4) is 0 Å². The average molecular weight is 857 g/mol. The third kappa shape index (κ3) is 28.2. The fourth-order valence-electron chi connectivity index (χ4n) is 2.75. The molecule has 0 bridgehead atoms. The molecule has 1 aliphatic carbocycles. The number of phosphoric ester groups is 6. The van der Waals surface area contributed by atoms with E-state index >= 15 is 0 Å². The van der Waals surface area contributed by atoms with Crippen LogP contribution in [0.1, 0.15) is 0 Å². The summed E-state index contributed by atoms with van der Waals surface area (Å²) >= 11 is 0. The number of rotatable bonds is 12. The molecule has 1 aliphatic rings. The van der Waals surface area contributed by atoms with Crippen LogP contribution in [0.3, 0.4) is 0 Å². The predicted molar refractivity (Wildman–Crippen MR) is 95.3 cm³/mol. The molecule has 4 N–H and O–H groups in total. The van der Waals surface area contributed by atoms with E-state index in [-0.39, 0.29) is 252 Å². The molecule has 6 atom stereocenters. The van der Waals surface area contributed by atoms with E-state index in [4.69, 9.17) is 19.6 Å². The van der Waals surface area contributed by atoms with Gasteiger partial charge in [0.2, 0.25) is 0 Å². The predicted octanol–water partition coefficient (Wildman–Crippen LogP) is -20.9. The molecule has 36 heteroatoms. The summed E-state index contributed by atoms with van der Waals surface area (Å²) in [7, 11) is -38.8. The van der Waals surface area contributed by atoms with E-state index in [0.29, 0.717) is 0 Å². The summed E-state index contributed by atoms with van der Waals surface area (Å²) in [6.45, 7) is 0. The zero-order valence-corrected chi connectivity index (χ0v) is 42.2. The van der Waals surface area contributed by atoms with Crippen molar-refractivity contribution in [1.29, 1.82) is 0 Å². The first-order valence-corrected chi connectivity index (χ1v) is 16.8. The Morgan fingerprint density at radius 3 is 0.571 bits per heavy atom. The van der Waals surface area contributed by atoms with Gasteiger partial charge < -0.3 is 95.1 Å². The molecule has 0 heterocycles. The van der Waals surface area contributed by atoms with Crippen molar-refractivity contribution in [2.24, 2.45) is 0 Å². The van der Waals surface area contributed by atoms with Gasteiger partial charge in [-0.05, 0) is 0 Å². The van der Waals surface area contributed by atoms with Crippen LogP contribution < -0.4 is 245 Å². The summed E-state index contributed by atoms with van der Waals surface area (Å²) in [5, 5.41) is 0. The van der Waals surface area contributed by atoms with Crippen molar-refractivity contribution in [2.45, 2.75) is 36.6 Å². The van der Waals surface area contributed by atoms with Gasteiger partial charge in [-0.3, -0.25) is 9.05 Å². The normalized spacial score (nSPS) is 25.1. The molecule has 24 nitrogen and oxygen atoms in total. The Bertz CT molecular complexity index is 848. The van der Waals surface area contributed by atoms with Crippen molar-refractivity contribution >= 4 is 93.0 Å². The molecule has 0 aromatic heterocycles. The van der Waals surface area contributed by atoms with Crippen LogP contribution in [0.4, 0.5) is 0 Å². The fraction of sp³-hybridized carbons (Fsp3) is 1.00. The molecule has 0 saturated heterocycles. The van der Waals surface area contributed by atoms with Gasteiger partial charge in [0.05, 0.1) is 31.3 Å². The van der Waals surface area contributed by atoms with Crippen molar-refractivity contribution in [1.82, 2.24) is 0 Å². The molecule has 1 fully saturated rings. The van der Waals surface area contributed by atoms with Gasteiger partial charge in [0.25, 0.3) is 0 Å². The minimum absolute atomic E-state index is 0. The van der Waals surface area contributed by atoms with Crippen LogP contribution in [-0.4, -0.2) is 102 Å². The Morgan fingerprint density at radius 2 is 0.476 bits per heavy atom. The van der Waals surface area contributed by atoms with Gasteiger partial charge in [-0.25, -0.2) is 9.13 Å². The average Bonchev–Trinajstić information content (AvgIpc) is 2.51. The van der Waals surface area contributed by atoms with Crippen LogP contribution in [0.15, 0.2) is 0 Å². The summed E-state index contributed by atoms with van der Waals surface area (Å²) < 4.78 is 89.9. The largest absolute Gasteiger partial charge is 2.00 e. The second-order valence-corrected chi connectivity index (χ2v) is 13.0. The summed E-state index contributed by atoms with van der Waals surface area (Å²) in [5.41, 5.74) is 0. The number of hydrogen-bond donors (Lipinski definition) is 4. The van der Waals surface area contributed by atoms with Crippen LogP contribution in [0.25, 0.3) is 0 Å². The second kappa shape index (κ2) is 25.0. The summed E-state index contributed by atoms with van der Waals surface area (Å²) in [6.07, 6.45) is -20.6. The first kappa shape index (κ1) is 62.7. The van der Waals surface area contributed by atoms with E-state index in [2.05, 4.69) is 27.1 Å². The maximum Gasteiger partial charge on any atom is 2.00 e.